The van der Waals surface area contributed by atoms with Crippen molar-refractivity contribution < 1.29 is 9.53 Å². The zero-order chi connectivity index (χ0) is 16.7. The number of hydrogen-bond donors (Lipinski definition) is 1. The standard InChI is InChI=1S/C17H12Br2N2O2/c1-2-9-23-16-8-7-15(19)10-13(16)11-20-21-17(22)12-3-5-14(18)6-4-12/h1,3-8,10-11H,9H2,(H,21,22)/b20-11-. The Morgan fingerprint density at radius 2 is 1.91 bits per heavy atom. The SMILES string of the molecule is C#CCOc1ccc(Br)cc1/C=N\NC(=O)c1ccc(Br)cc1. The van der Waals surface area contributed by atoms with Gasteiger partial charge in [-0.05, 0) is 42.5 Å². The molecule has 0 aromatic heterocycles. The zero-order valence-corrected chi connectivity index (χ0v) is 15.1. The first-order valence-corrected chi connectivity index (χ1v) is 8.13. The number of carbonyl (C=O) groups is 1. The molecule has 0 bridgehead atoms. The average Bonchev–Trinajstić information content (AvgIpc) is 2.54. The van der Waals surface area contributed by atoms with E-state index in [1.165, 1.54) is 6.21 Å². The maximum absolute atomic E-state index is 12.0. The molecule has 0 aliphatic rings. The molecule has 2 rings (SSSR count). The van der Waals surface area contributed by atoms with Crippen LogP contribution in [-0.4, -0.2) is 18.7 Å². The monoisotopic (exact) mass is 434 g/mol. The Balaban J connectivity index is 2.07. The molecule has 1 N–H and O–H groups in total. The maximum Gasteiger partial charge on any atom is 0.271 e. The number of amides is 1. The second-order valence-corrected chi connectivity index (χ2v) is 6.21. The first kappa shape index (κ1) is 17.3. The second-order valence-electron chi connectivity index (χ2n) is 4.38. The normalized spacial score (nSPS) is 10.3. The summed E-state index contributed by atoms with van der Waals surface area (Å²) in [6, 6.07) is 12.4. The molecule has 6 heteroatoms. The molecule has 0 aliphatic carbocycles. The van der Waals surface area contributed by atoms with E-state index in [0.717, 1.165) is 8.95 Å². The molecule has 0 saturated heterocycles. The third kappa shape index (κ3) is 5.23. The Hall–Kier alpha value is -2.10. The highest BCUT2D eigenvalue weighted by molar-refractivity contribution is 9.10. The average molecular weight is 436 g/mol. The quantitative estimate of drug-likeness (QED) is 0.438. The molecule has 0 unspecified atom stereocenters. The van der Waals surface area contributed by atoms with Gasteiger partial charge in [-0.2, -0.15) is 5.10 Å². The van der Waals surface area contributed by atoms with Crippen molar-refractivity contribution in [2.24, 2.45) is 5.10 Å². The van der Waals surface area contributed by atoms with E-state index < -0.39 is 0 Å². The van der Waals surface area contributed by atoms with Gasteiger partial charge in [0.25, 0.3) is 5.91 Å². The Morgan fingerprint density at radius 3 is 2.61 bits per heavy atom. The summed E-state index contributed by atoms with van der Waals surface area (Å²) >= 11 is 6.70. The summed E-state index contributed by atoms with van der Waals surface area (Å²) in [7, 11) is 0. The van der Waals surface area contributed by atoms with Crippen molar-refractivity contribution in [3.05, 3.63) is 62.5 Å². The van der Waals surface area contributed by atoms with E-state index in [2.05, 4.69) is 48.3 Å². The predicted octanol–water partition coefficient (Wildman–Crippen LogP) is 3.99. The van der Waals surface area contributed by atoms with Crippen LogP contribution in [-0.2, 0) is 0 Å². The fraction of sp³-hybridized carbons (Fsp3) is 0.0588. The van der Waals surface area contributed by atoms with Crippen LogP contribution in [0.25, 0.3) is 0 Å². The number of halogens is 2. The van der Waals surface area contributed by atoms with Gasteiger partial charge in [-0.15, -0.1) is 6.42 Å². The zero-order valence-electron chi connectivity index (χ0n) is 11.9. The summed E-state index contributed by atoms with van der Waals surface area (Å²) in [5.74, 6) is 2.70. The number of hydrogen-bond acceptors (Lipinski definition) is 3. The highest BCUT2D eigenvalue weighted by atomic mass is 79.9. The third-order valence-electron chi connectivity index (χ3n) is 2.76. The van der Waals surface area contributed by atoms with Crippen LogP contribution in [0.1, 0.15) is 15.9 Å². The van der Waals surface area contributed by atoms with Crippen LogP contribution in [0.3, 0.4) is 0 Å². The van der Waals surface area contributed by atoms with Crippen molar-refractivity contribution >= 4 is 44.0 Å². The molecule has 0 aliphatic heterocycles. The van der Waals surface area contributed by atoms with Gasteiger partial charge in [0.15, 0.2) is 0 Å². The Kier molecular flexibility index (Phi) is 6.39. The molecule has 0 saturated carbocycles. The van der Waals surface area contributed by atoms with Gasteiger partial charge >= 0.3 is 0 Å². The van der Waals surface area contributed by atoms with Crippen LogP contribution in [0.4, 0.5) is 0 Å². The smallest absolute Gasteiger partial charge is 0.271 e. The van der Waals surface area contributed by atoms with Crippen molar-refractivity contribution in [2.75, 3.05) is 6.61 Å². The van der Waals surface area contributed by atoms with Crippen LogP contribution in [0.2, 0.25) is 0 Å². The van der Waals surface area contributed by atoms with E-state index in [-0.39, 0.29) is 12.5 Å². The molecule has 23 heavy (non-hydrogen) atoms. The highest BCUT2D eigenvalue weighted by Crippen LogP contribution is 2.21. The van der Waals surface area contributed by atoms with Gasteiger partial charge in [-0.3, -0.25) is 4.79 Å². The minimum Gasteiger partial charge on any atom is -0.480 e. The fourth-order valence-electron chi connectivity index (χ4n) is 1.70. The molecule has 4 nitrogen and oxygen atoms in total. The molecule has 1 amide bonds. The van der Waals surface area contributed by atoms with Gasteiger partial charge in [0.05, 0.1) is 6.21 Å². The van der Waals surface area contributed by atoms with Crippen molar-refractivity contribution in [1.29, 1.82) is 0 Å². The lowest BCUT2D eigenvalue weighted by atomic mass is 10.2. The van der Waals surface area contributed by atoms with Crippen molar-refractivity contribution in [3.8, 4) is 18.1 Å². The molecule has 0 fully saturated rings. The summed E-state index contributed by atoms with van der Waals surface area (Å²) in [5, 5.41) is 3.96. The molecule has 116 valence electrons. The molecule has 2 aromatic carbocycles. The van der Waals surface area contributed by atoms with Gasteiger partial charge in [-0.25, -0.2) is 5.43 Å². The number of carbonyl (C=O) groups excluding carboxylic acids is 1. The Morgan fingerprint density at radius 1 is 1.22 bits per heavy atom. The minimum absolute atomic E-state index is 0.160. The molecule has 0 spiro atoms. The molecule has 2 aromatic rings. The number of benzene rings is 2. The fourth-order valence-corrected chi connectivity index (χ4v) is 2.34. The van der Waals surface area contributed by atoms with Gasteiger partial charge in [0, 0.05) is 20.1 Å². The van der Waals surface area contributed by atoms with E-state index in [1.807, 2.05) is 12.1 Å². The highest BCUT2D eigenvalue weighted by Gasteiger charge is 2.05. The van der Waals surface area contributed by atoms with Gasteiger partial charge in [-0.1, -0.05) is 37.8 Å². The third-order valence-corrected chi connectivity index (χ3v) is 3.78. The predicted molar refractivity (Wildman–Crippen MR) is 97.7 cm³/mol. The van der Waals surface area contributed by atoms with E-state index >= 15 is 0 Å². The summed E-state index contributed by atoms with van der Waals surface area (Å²) in [5.41, 5.74) is 3.69. The lowest BCUT2D eigenvalue weighted by molar-refractivity contribution is 0.0955. The van der Waals surface area contributed by atoms with Crippen molar-refractivity contribution in [1.82, 2.24) is 5.43 Å². The first-order chi connectivity index (χ1) is 11.1. The molecular weight excluding hydrogens is 424 g/mol. The number of terminal acetylenes is 1. The van der Waals surface area contributed by atoms with Crippen LogP contribution in [0.15, 0.2) is 56.5 Å². The molecular formula is C17H12Br2N2O2. The van der Waals surface area contributed by atoms with E-state index in [4.69, 9.17) is 11.2 Å². The van der Waals surface area contributed by atoms with Crippen LogP contribution in [0, 0.1) is 12.3 Å². The van der Waals surface area contributed by atoms with Gasteiger partial charge < -0.3 is 4.74 Å². The van der Waals surface area contributed by atoms with E-state index in [1.54, 1.807) is 30.3 Å². The topological polar surface area (TPSA) is 50.7 Å². The van der Waals surface area contributed by atoms with E-state index in [9.17, 15) is 4.79 Å². The van der Waals surface area contributed by atoms with E-state index in [0.29, 0.717) is 16.9 Å². The molecule has 0 atom stereocenters. The number of ether oxygens (including phenoxy) is 1. The first-order valence-electron chi connectivity index (χ1n) is 6.55. The number of hydrazone groups is 1. The van der Waals surface area contributed by atoms with Crippen LogP contribution < -0.4 is 10.2 Å². The number of nitrogens with zero attached hydrogens (tertiary/aromatic N) is 1. The number of nitrogens with one attached hydrogen (secondary N) is 1. The lowest BCUT2D eigenvalue weighted by Crippen LogP contribution is -2.17. The molecule has 0 heterocycles. The number of rotatable bonds is 5. The minimum atomic E-state index is -0.296. The van der Waals surface area contributed by atoms with Gasteiger partial charge in [0.2, 0.25) is 0 Å². The summed E-state index contributed by atoms with van der Waals surface area (Å²) in [6.45, 7) is 0.160. The Labute approximate surface area is 151 Å². The van der Waals surface area contributed by atoms with Crippen molar-refractivity contribution in [2.45, 2.75) is 0 Å². The largest absolute Gasteiger partial charge is 0.480 e. The van der Waals surface area contributed by atoms with Crippen molar-refractivity contribution in [3.63, 3.8) is 0 Å². The second kappa shape index (κ2) is 8.51. The lowest BCUT2D eigenvalue weighted by Gasteiger charge is -2.06. The summed E-state index contributed by atoms with van der Waals surface area (Å²) in [6.07, 6.45) is 6.70. The summed E-state index contributed by atoms with van der Waals surface area (Å²) in [4.78, 5) is 12.0. The van der Waals surface area contributed by atoms with Gasteiger partial charge in [0.1, 0.15) is 12.4 Å². The maximum atomic E-state index is 12.0. The summed E-state index contributed by atoms with van der Waals surface area (Å²) < 4.78 is 7.20. The molecule has 0 radical (unpaired) electrons. The Bertz CT molecular complexity index is 765. The van der Waals surface area contributed by atoms with Crippen LogP contribution >= 0.6 is 31.9 Å². The van der Waals surface area contributed by atoms with Crippen LogP contribution in [0.5, 0.6) is 5.75 Å².